The van der Waals surface area contributed by atoms with E-state index in [9.17, 15) is 9.18 Å². The first-order valence-corrected chi connectivity index (χ1v) is 4.43. The zero-order valence-electron chi connectivity index (χ0n) is 6.88. The number of aromatic nitrogens is 1. The Bertz CT molecular complexity index is 330. The summed E-state index contributed by atoms with van der Waals surface area (Å²) in [6.45, 7) is 1.91. The fraction of sp³-hybridized carbons (Fsp3) is 0.250. The van der Waals surface area contributed by atoms with Crippen LogP contribution in [0.2, 0.25) is 0 Å². The standard InChI is InChI=1S/C8H7BrFNO2/c1-2-13-8(12)7-6(9)5(10)3-4-11-7/h3-4H,2H2,1H3. The predicted octanol–water partition coefficient (Wildman–Crippen LogP) is 2.16. The maximum absolute atomic E-state index is 12.9. The first-order valence-electron chi connectivity index (χ1n) is 3.64. The van der Waals surface area contributed by atoms with Crippen LogP contribution in [0, 0.1) is 5.82 Å². The van der Waals surface area contributed by atoms with Gasteiger partial charge < -0.3 is 4.74 Å². The van der Waals surface area contributed by atoms with Crippen LogP contribution in [-0.2, 0) is 4.74 Å². The van der Waals surface area contributed by atoms with Crippen molar-refractivity contribution in [1.82, 2.24) is 4.98 Å². The summed E-state index contributed by atoms with van der Waals surface area (Å²) < 4.78 is 17.6. The molecule has 0 radical (unpaired) electrons. The van der Waals surface area contributed by atoms with Gasteiger partial charge in [-0.1, -0.05) is 0 Å². The topological polar surface area (TPSA) is 39.2 Å². The number of carbonyl (C=O) groups is 1. The number of pyridine rings is 1. The smallest absolute Gasteiger partial charge is 0.358 e. The quantitative estimate of drug-likeness (QED) is 0.753. The molecule has 0 aromatic carbocycles. The monoisotopic (exact) mass is 247 g/mol. The van der Waals surface area contributed by atoms with Gasteiger partial charge in [-0.2, -0.15) is 0 Å². The molecule has 0 saturated carbocycles. The molecule has 0 aliphatic heterocycles. The molecular formula is C8H7BrFNO2. The summed E-state index contributed by atoms with van der Waals surface area (Å²) in [6, 6.07) is 1.16. The lowest BCUT2D eigenvalue weighted by Crippen LogP contribution is -2.08. The Morgan fingerprint density at radius 1 is 1.77 bits per heavy atom. The molecule has 1 heterocycles. The molecular weight excluding hydrogens is 241 g/mol. The molecule has 3 nitrogen and oxygen atoms in total. The molecule has 0 saturated heterocycles. The summed E-state index contributed by atoms with van der Waals surface area (Å²) in [5.74, 6) is -1.16. The van der Waals surface area contributed by atoms with Crippen LogP contribution in [0.3, 0.4) is 0 Å². The second-order valence-electron chi connectivity index (χ2n) is 2.18. The van der Waals surface area contributed by atoms with E-state index in [4.69, 9.17) is 0 Å². The van der Waals surface area contributed by atoms with Gasteiger partial charge >= 0.3 is 5.97 Å². The van der Waals surface area contributed by atoms with E-state index in [1.54, 1.807) is 6.92 Å². The third kappa shape index (κ3) is 2.24. The minimum Gasteiger partial charge on any atom is -0.461 e. The number of esters is 1. The average molecular weight is 248 g/mol. The molecule has 0 N–H and O–H groups in total. The Morgan fingerprint density at radius 2 is 2.46 bits per heavy atom. The van der Waals surface area contributed by atoms with Gasteiger partial charge in [-0.3, -0.25) is 0 Å². The molecule has 5 heteroatoms. The minimum atomic E-state index is -0.631. The van der Waals surface area contributed by atoms with Crippen molar-refractivity contribution in [2.45, 2.75) is 6.92 Å². The molecule has 0 bridgehead atoms. The predicted molar refractivity (Wildman–Crippen MR) is 47.9 cm³/mol. The highest BCUT2D eigenvalue weighted by Gasteiger charge is 2.15. The summed E-state index contributed by atoms with van der Waals surface area (Å²) in [6.07, 6.45) is 1.21. The Hall–Kier alpha value is -0.970. The van der Waals surface area contributed by atoms with E-state index >= 15 is 0 Å². The molecule has 0 aliphatic rings. The van der Waals surface area contributed by atoms with Crippen LogP contribution in [0.15, 0.2) is 16.7 Å². The average Bonchev–Trinajstić information content (AvgIpc) is 2.10. The maximum Gasteiger partial charge on any atom is 0.358 e. The summed E-state index contributed by atoms with van der Waals surface area (Å²) in [5.41, 5.74) is -0.0400. The lowest BCUT2D eigenvalue weighted by atomic mass is 10.3. The van der Waals surface area contributed by atoms with E-state index in [2.05, 4.69) is 25.7 Å². The minimum absolute atomic E-state index is 0.0356. The third-order valence-electron chi connectivity index (χ3n) is 1.31. The van der Waals surface area contributed by atoms with Crippen molar-refractivity contribution in [1.29, 1.82) is 0 Å². The van der Waals surface area contributed by atoms with E-state index in [1.807, 2.05) is 0 Å². The molecule has 13 heavy (non-hydrogen) atoms. The van der Waals surface area contributed by atoms with Crippen LogP contribution in [-0.4, -0.2) is 17.6 Å². The molecule has 1 rings (SSSR count). The van der Waals surface area contributed by atoms with Gasteiger partial charge in [-0.05, 0) is 28.9 Å². The zero-order valence-corrected chi connectivity index (χ0v) is 8.47. The molecule has 0 spiro atoms. The largest absolute Gasteiger partial charge is 0.461 e. The Kier molecular flexibility index (Phi) is 3.36. The Morgan fingerprint density at radius 3 is 3.08 bits per heavy atom. The van der Waals surface area contributed by atoms with Crippen LogP contribution >= 0.6 is 15.9 Å². The van der Waals surface area contributed by atoms with Gasteiger partial charge in [0.1, 0.15) is 5.82 Å². The van der Waals surface area contributed by atoms with Gasteiger partial charge in [0.2, 0.25) is 0 Å². The van der Waals surface area contributed by atoms with Gasteiger partial charge in [-0.15, -0.1) is 0 Å². The fourth-order valence-electron chi connectivity index (χ4n) is 0.762. The highest BCUT2D eigenvalue weighted by atomic mass is 79.9. The fourth-order valence-corrected chi connectivity index (χ4v) is 1.16. The maximum atomic E-state index is 12.9. The number of carbonyl (C=O) groups excluding carboxylic acids is 1. The van der Waals surface area contributed by atoms with Crippen LogP contribution in [0.4, 0.5) is 4.39 Å². The molecule has 0 fully saturated rings. The number of hydrogen-bond donors (Lipinski definition) is 0. The van der Waals surface area contributed by atoms with E-state index in [-0.39, 0.29) is 16.8 Å². The van der Waals surface area contributed by atoms with Gasteiger partial charge in [0.25, 0.3) is 0 Å². The Labute approximate surface area is 83.1 Å². The number of nitrogens with zero attached hydrogens (tertiary/aromatic N) is 1. The van der Waals surface area contributed by atoms with Gasteiger partial charge in [0.05, 0.1) is 11.1 Å². The molecule has 0 amide bonds. The van der Waals surface area contributed by atoms with Gasteiger partial charge in [-0.25, -0.2) is 14.2 Å². The van der Waals surface area contributed by atoms with Crippen molar-refractivity contribution in [3.05, 3.63) is 28.2 Å². The molecule has 0 atom stereocenters. The highest BCUT2D eigenvalue weighted by Crippen LogP contribution is 2.18. The molecule has 0 unspecified atom stereocenters. The van der Waals surface area contributed by atoms with Crippen molar-refractivity contribution in [2.24, 2.45) is 0 Å². The van der Waals surface area contributed by atoms with Crippen LogP contribution in [0.5, 0.6) is 0 Å². The van der Waals surface area contributed by atoms with E-state index < -0.39 is 11.8 Å². The SMILES string of the molecule is CCOC(=O)c1nccc(F)c1Br. The molecule has 0 aliphatic carbocycles. The third-order valence-corrected chi connectivity index (χ3v) is 2.07. The summed E-state index contributed by atoms with van der Waals surface area (Å²) in [4.78, 5) is 14.8. The van der Waals surface area contributed by atoms with Crippen LogP contribution in [0.1, 0.15) is 17.4 Å². The lowest BCUT2D eigenvalue weighted by Gasteiger charge is -2.02. The summed E-state index contributed by atoms with van der Waals surface area (Å²) in [7, 11) is 0. The second kappa shape index (κ2) is 4.32. The van der Waals surface area contributed by atoms with Gasteiger partial charge in [0.15, 0.2) is 5.69 Å². The number of ether oxygens (including phenoxy) is 1. The van der Waals surface area contributed by atoms with Crippen molar-refractivity contribution < 1.29 is 13.9 Å². The zero-order chi connectivity index (χ0) is 9.84. The normalized spacial score (nSPS) is 9.77. The van der Waals surface area contributed by atoms with Crippen molar-refractivity contribution in [3.63, 3.8) is 0 Å². The van der Waals surface area contributed by atoms with E-state index in [0.29, 0.717) is 0 Å². The van der Waals surface area contributed by atoms with E-state index in [1.165, 1.54) is 6.20 Å². The number of rotatable bonds is 2. The second-order valence-corrected chi connectivity index (χ2v) is 2.97. The highest BCUT2D eigenvalue weighted by molar-refractivity contribution is 9.10. The number of hydrogen-bond acceptors (Lipinski definition) is 3. The summed E-state index contributed by atoms with van der Waals surface area (Å²) in [5, 5.41) is 0. The Balaban J connectivity index is 3.01. The van der Waals surface area contributed by atoms with Crippen molar-refractivity contribution >= 4 is 21.9 Å². The first-order chi connectivity index (χ1) is 6.16. The van der Waals surface area contributed by atoms with Crippen LogP contribution in [0.25, 0.3) is 0 Å². The van der Waals surface area contributed by atoms with Gasteiger partial charge in [0, 0.05) is 6.20 Å². The summed E-state index contributed by atoms with van der Waals surface area (Å²) >= 11 is 2.91. The molecule has 1 aromatic rings. The first kappa shape index (κ1) is 10.1. The lowest BCUT2D eigenvalue weighted by molar-refractivity contribution is 0.0517. The van der Waals surface area contributed by atoms with Crippen LogP contribution < -0.4 is 0 Å². The molecule has 70 valence electrons. The van der Waals surface area contributed by atoms with Crippen molar-refractivity contribution in [3.8, 4) is 0 Å². The van der Waals surface area contributed by atoms with Crippen molar-refractivity contribution in [2.75, 3.05) is 6.61 Å². The molecule has 1 aromatic heterocycles. The van der Waals surface area contributed by atoms with E-state index in [0.717, 1.165) is 6.07 Å². The number of halogens is 2.